The maximum absolute atomic E-state index is 13.5. The molecule has 2 aliphatic heterocycles. The first-order chi connectivity index (χ1) is 18.8. The molecule has 6 atom stereocenters. The van der Waals surface area contributed by atoms with Crippen molar-refractivity contribution < 1.29 is 33.5 Å². The molecule has 0 saturated carbocycles. The molecule has 224 valence electrons. The molecule has 2 saturated heterocycles. The van der Waals surface area contributed by atoms with Crippen LogP contribution < -0.4 is 16.0 Å². The molecule has 2 heterocycles. The fourth-order valence-corrected chi connectivity index (χ4v) is 4.79. The van der Waals surface area contributed by atoms with E-state index >= 15 is 0 Å². The molecular weight excluding hydrogens is 518 g/mol. The van der Waals surface area contributed by atoms with Crippen molar-refractivity contribution in [1.82, 2.24) is 25.8 Å². The summed E-state index contributed by atoms with van der Waals surface area (Å²) in [6.45, 7) is 12.7. The van der Waals surface area contributed by atoms with E-state index in [1.807, 2.05) is 13.8 Å². The highest BCUT2D eigenvalue weighted by Crippen LogP contribution is 2.22. The van der Waals surface area contributed by atoms with E-state index in [0.29, 0.717) is 25.8 Å². The second kappa shape index (κ2) is 14.8. The van der Waals surface area contributed by atoms with Crippen LogP contribution in [-0.4, -0.2) is 95.7 Å². The molecular formula is C28H45N5O7. The lowest BCUT2D eigenvalue weighted by Crippen LogP contribution is -2.60. The molecule has 3 N–H and O–H groups in total. The van der Waals surface area contributed by atoms with E-state index in [1.54, 1.807) is 20.8 Å². The molecule has 1 unspecified atom stereocenters. The van der Waals surface area contributed by atoms with Gasteiger partial charge in [-0.1, -0.05) is 40.2 Å². The van der Waals surface area contributed by atoms with Crippen LogP contribution in [0.2, 0.25) is 0 Å². The van der Waals surface area contributed by atoms with Gasteiger partial charge in [0.2, 0.25) is 23.6 Å². The van der Waals surface area contributed by atoms with Crippen molar-refractivity contribution in [3.8, 4) is 0 Å². The highest BCUT2D eigenvalue weighted by Gasteiger charge is 2.41. The molecule has 40 heavy (non-hydrogen) atoms. The van der Waals surface area contributed by atoms with Gasteiger partial charge < -0.3 is 30.5 Å². The number of hydrogen-bond acceptors (Lipinski definition) is 7. The Morgan fingerprint density at radius 1 is 1.00 bits per heavy atom. The minimum atomic E-state index is -1.17. The lowest BCUT2D eigenvalue weighted by molar-refractivity contribution is -0.161. The minimum absolute atomic E-state index is 0.0558. The van der Waals surface area contributed by atoms with Gasteiger partial charge in [0.05, 0.1) is 6.42 Å². The largest absolute Gasteiger partial charge is 0.452 e. The summed E-state index contributed by atoms with van der Waals surface area (Å²) in [4.78, 5) is 81.7. The number of cyclic esters (lactones) is 1. The smallest absolute Gasteiger partial charge is 0.308 e. The van der Waals surface area contributed by atoms with Gasteiger partial charge in [0.25, 0.3) is 5.91 Å². The van der Waals surface area contributed by atoms with E-state index in [2.05, 4.69) is 22.5 Å². The van der Waals surface area contributed by atoms with Crippen LogP contribution in [0.3, 0.4) is 0 Å². The summed E-state index contributed by atoms with van der Waals surface area (Å²) in [6, 6.07) is -3.64. The Labute approximate surface area is 236 Å². The number of nitrogens with one attached hydrogen (secondary N) is 3. The van der Waals surface area contributed by atoms with Crippen molar-refractivity contribution in [2.45, 2.75) is 97.0 Å². The summed E-state index contributed by atoms with van der Waals surface area (Å²) in [6.07, 6.45) is 1.69. The standard InChI is InChI=1S/C28H45N5O7/c1-8-11-20-27(38)33-15-10-12-19(33)25(36)31-23(17(5)9-2)26(37)30-22(16(3)4)28(39)32(7)18(6)24(35)29-14-13-21(34)40-20/h8,16-20,22-23H,1,9-15H2,2-7H3,(H,29,35)(H,30,37)(H,31,36)/t17-,18-,19-,20?,22-,23-/m0/s1. The predicted molar refractivity (Wildman–Crippen MR) is 147 cm³/mol. The Kier molecular flexibility index (Phi) is 12.1. The highest BCUT2D eigenvalue weighted by atomic mass is 16.5. The quantitative estimate of drug-likeness (QED) is 0.325. The topological polar surface area (TPSA) is 154 Å². The van der Waals surface area contributed by atoms with Gasteiger partial charge in [-0.25, -0.2) is 0 Å². The maximum Gasteiger partial charge on any atom is 0.308 e. The van der Waals surface area contributed by atoms with E-state index in [4.69, 9.17) is 4.74 Å². The second-order valence-corrected chi connectivity index (χ2v) is 11.0. The molecule has 2 fully saturated rings. The van der Waals surface area contributed by atoms with Gasteiger partial charge >= 0.3 is 5.97 Å². The Morgan fingerprint density at radius 3 is 2.25 bits per heavy atom. The van der Waals surface area contributed by atoms with Gasteiger partial charge in [-0.15, -0.1) is 6.58 Å². The third-order valence-electron chi connectivity index (χ3n) is 7.73. The average Bonchev–Trinajstić information content (AvgIpc) is 3.41. The Morgan fingerprint density at radius 2 is 1.65 bits per heavy atom. The van der Waals surface area contributed by atoms with Crippen molar-refractivity contribution in [3.05, 3.63) is 12.7 Å². The summed E-state index contributed by atoms with van der Waals surface area (Å²) < 4.78 is 5.43. The maximum atomic E-state index is 13.5. The van der Waals surface area contributed by atoms with Gasteiger partial charge in [-0.05, 0) is 31.6 Å². The molecule has 2 aliphatic rings. The summed E-state index contributed by atoms with van der Waals surface area (Å²) in [5, 5.41) is 8.24. The predicted octanol–water partition coefficient (Wildman–Crippen LogP) is 0.504. The third-order valence-corrected chi connectivity index (χ3v) is 7.73. The fourth-order valence-electron chi connectivity index (χ4n) is 4.79. The summed E-state index contributed by atoms with van der Waals surface area (Å²) in [5.74, 6) is -3.75. The molecule has 12 nitrogen and oxygen atoms in total. The molecule has 0 aromatic carbocycles. The Balaban J connectivity index is 2.46. The molecule has 5 amide bonds. The van der Waals surface area contributed by atoms with Crippen LogP contribution >= 0.6 is 0 Å². The van der Waals surface area contributed by atoms with E-state index in [0.717, 1.165) is 0 Å². The molecule has 12 heteroatoms. The van der Waals surface area contributed by atoms with Gasteiger partial charge in [0.1, 0.15) is 24.2 Å². The first kappa shape index (κ1) is 32.8. The summed E-state index contributed by atoms with van der Waals surface area (Å²) in [7, 11) is 1.47. The van der Waals surface area contributed by atoms with Gasteiger partial charge in [0, 0.05) is 26.6 Å². The van der Waals surface area contributed by atoms with Crippen molar-refractivity contribution in [2.24, 2.45) is 11.8 Å². The zero-order valence-electron chi connectivity index (χ0n) is 24.5. The number of amides is 5. The number of ether oxygens (including phenoxy) is 1. The summed E-state index contributed by atoms with van der Waals surface area (Å²) in [5.41, 5.74) is 0. The zero-order valence-corrected chi connectivity index (χ0v) is 24.5. The zero-order chi connectivity index (χ0) is 30.1. The number of likely N-dealkylation sites (N-methyl/N-ethyl adjacent to an activating group) is 1. The van der Waals surface area contributed by atoms with Gasteiger partial charge in [-0.3, -0.25) is 28.8 Å². The molecule has 0 radical (unpaired) electrons. The molecule has 0 bridgehead atoms. The van der Waals surface area contributed by atoms with E-state index < -0.39 is 65.8 Å². The van der Waals surface area contributed by atoms with Gasteiger partial charge in [0.15, 0.2) is 6.10 Å². The number of nitrogens with zero attached hydrogens (tertiary/aromatic N) is 2. The Bertz CT molecular complexity index is 984. The van der Waals surface area contributed by atoms with Crippen LogP contribution in [-0.2, 0) is 33.5 Å². The first-order valence-corrected chi connectivity index (χ1v) is 14.1. The number of carbonyl (C=O) groups is 6. The second-order valence-electron chi connectivity index (χ2n) is 11.0. The third kappa shape index (κ3) is 8.04. The number of fused-ring (bicyclic) bond motifs is 1. The molecule has 0 aliphatic carbocycles. The molecule has 0 aromatic heterocycles. The van der Waals surface area contributed by atoms with Crippen LogP contribution in [0.15, 0.2) is 12.7 Å². The van der Waals surface area contributed by atoms with Crippen LogP contribution in [0, 0.1) is 11.8 Å². The number of carbonyl (C=O) groups excluding carboxylic acids is 6. The van der Waals surface area contributed by atoms with E-state index in [-0.39, 0.29) is 31.2 Å². The molecule has 0 spiro atoms. The van der Waals surface area contributed by atoms with Crippen molar-refractivity contribution in [1.29, 1.82) is 0 Å². The normalized spacial score (nSPS) is 28.9. The number of rotatable bonds is 5. The van der Waals surface area contributed by atoms with Crippen LogP contribution in [0.1, 0.15) is 66.7 Å². The molecule has 0 aromatic rings. The lowest BCUT2D eigenvalue weighted by Gasteiger charge is -2.33. The fraction of sp³-hybridized carbons (Fsp3) is 0.714. The van der Waals surface area contributed by atoms with Crippen molar-refractivity contribution >= 4 is 35.5 Å². The van der Waals surface area contributed by atoms with Crippen molar-refractivity contribution in [2.75, 3.05) is 20.1 Å². The monoisotopic (exact) mass is 563 g/mol. The van der Waals surface area contributed by atoms with Crippen LogP contribution in [0.4, 0.5) is 0 Å². The summed E-state index contributed by atoms with van der Waals surface area (Å²) >= 11 is 0. The number of hydrogen-bond donors (Lipinski definition) is 3. The van der Waals surface area contributed by atoms with Gasteiger partial charge in [-0.2, -0.15) is 0 Å². The SMILES string of the molecule is C=CCC1OC(=O)CCNC(=O)[C@H](C)N(C)C(=O)[C@H](C(C)C)NC(=O)[C@H]([C@@H](C)CC)NC(=O)[C@@H]2CCCN2C1=O. The highest BCUT2D eigenvalue weighted by molar-refractivity contribution is 5.96. The Hall–Kier alpha value is -3.44. The van der Waals surface area contributed by atoms with E-state index in [9.17, 15) is 28.8 Å². The van der Waals surface area contributed by atoms with Crippen LogP contribution in [0.25, 0.3) is 0 Å². The van der Waals surface area contributed by atoms with Crippen molar-refractivity contribution in [3.63, 3.8) is 0 Å². The minimum Gasteiger partial charge on any atom is -0.452 e. The van der Waals surface area contributed by atoms with E-state index in [1.165, 1.54) is 22.9 Å². The first-order valence-electron chi connectivity index (χ1n) is 14.1. The lowest BCUT2D eigenvalue weighted by atomic mass is 9.95. The molecule has 2 rings (SSSR count). The van der Waals surface area contributed by atoms with Crippen LogP contribution in [0.5, 0.6) is 0 Å². The average molecular weight is 564 g/mol. The number of esters is 1.